The Balaban J connectivity index is 1.86. The summed E-state index contributed by atoms with van der Waals surface area (Å²) in [7, 11) is 0. The van der Waals surface area contributed by atoms with Crippen molar-refractivity contribution in [2.24, 2.45) is 0 Å². The molecule has 0 bridgehead atoms. The number of alkyl halides is 3. The molecule has 2 rings (SSSR count). The minimum absolute atomic E-state index is 0.0916. The number of anilines is 1. The average Bonchev–Trinajstić information content (AvgIpc) is 2.55. The fourth-order valence-corrected chi connectivity index (χ4v) is 2.89. The number of allylic oxidation sites excluding steroid dienone is 1. The zero-order valence-corrected chi connectivity index (χ0v) is 15.6. The number of nitrogens with one attached hydrogen (secondary N) is 1. The number of amides is 1. The quantitative estimate of drug-likeness (QED) is 0.776. The maximum absolute atomic E-state index is 12.9. The van der Waals surface area contributed by atoms with E-state index >= 15 is 0 Å². The normalized spacial score (nSPS) is 16.4. The van der Waals surface area contributed by atoms with Gasteiger partial charge in [0.1, 0.15) is 0 Å². The van der Waals surface area contributed by atoms with Crippen LogP contribution in [0.5, 0.6) is 0 Å². The van der Waals surface area contributed by atoms with Gasteiger partial charge in [-0.25, -0.2) is 0 Å². The van der Waals surface area contributed by atoms with E-state index in [0.29, 0.717) is 0 Å². The van der Waals surface area contributed by atoms with Crippen molar-refractivity contribution in [3.05, 3.63) is 40.4 Å². The van der Waals surface area contributed by atoms with E-state index in [1.54, 1.807) is 0 Å². The zero-order valence-electron chi connectivity index (χ0n) is 14.9. The molecule has 144 valence electrons. The molecule has 1 saturated heterocycles. The Hall–Kier alpha value is -1.57. The Morgan fingerprint density at radius 3 is 2.38 bits per heavy atom. The molecule has 1 fully saturated rings. The summed E-state index contributed by atoms with van der Waals surface area (Å²) in [5.41, 5.74) is 0.409. The number of benzene rings is 1. The van der Waals surface area contributed by atoms with Crippen LogP contribution < -0.4 is 5.32 Å². The fourth-order valence-electron chi connectivity index (χ4n) is 2.67. The van der Waals surface area contributed by atoms with Gasteiger partial charge in [0.15, 0.2) is 0 Å². The van der Waals surface area contributed by atoms with Crippen LogP contribution in [0.4, 0.5) is 18.9 Å². The Morgan fingerprint density at radius 2 is 1.81 bits per heavy atom. The molecule has 0 radical (unpaired) electrons. The SMILES string of the molecule is CC(C)=CCN1CCN(CC(=O)Nc2ccc(Cl)c(C(F)(F)F)c2)CC1. The highest BCUT2D eigenvalue weighted by atomic mass is 35.5. The maximum Gasteiger partial charge on any atom is 0.417 e. The van der Waals surface area contributed by atoms with Crippen LogP contribution in [0, 0.1) is 0 Å². The highest BCUT2D eigenvalue weighted by molar-refractivity contribution is 6.31. The first-order valence-corrected chi connectivity index (χ1v) is 8.77. The van der Waals surface area contributed by atoms with Gasteiger partial charge in [0.25, 0.3) is 0 Å². The third kappa shape index (κ3) is 6.30. The largest absolute Gasteiger partial charge is 0.417 e. The first-order chi connectivity index (χ1) is 12.1. The molecule has 0 aliphatic carbocycles. The summed E-state index contributed by atoms with van der Waals surface area (Å²) >= 11 is 5.58. The Labute approximate surface area is 156 Å². The average molecular weight is 390 g/mol. The minimum Gasteiger partial charge on any atom is -0.325 e. The second-order valence-electron chi connectivity index (χ2n) is 6.60. The second-order valence-corrected chi connectivity index (χ2v) is 7.01. The lowest BCUT2D eigenvalue weighted by Crippen LogP contribution is -2.48. The predicted octanol–water partition coefficient (Wildman–Crippen LogP) is 3.88. The summed E-state index contributed by atoms with van der Waals surface area (Å²) in [6.07, 6.45) is -2.39. The van der Waals surface area contributed by atoms with Crippen molar-refractivity contribution >= 4 is 23.2 Å². The topological polar surface area (TPSA) is 35.6 Å². The summed E-state index contributed by atoms with van der Waals surface area (Å²) in [5.74, 6) is -0.335. The van der Waals surface area contributed by atoms with Crippen LogP contribution in [0.25, 0.3) is 0 Å². The summed E-state index contributed by atoms with van der Waals surface area (Å²) < 4.78 is 38.6. The minimum atomic E-state index is -4.56. The highest BCUT2D eigenvalue weighted by Gasteiger charge is 2.33. The fraction of sp³-hybridized carbons (Fsp3) is 0.500. The van der Waals surface area contributed by atoms with Gasteiger partial charge >= 0.3 is 6.18 Å². The van der Waals surface area contributed by atoms with Crippen LogP contribution >= 0.6 is 11.6 Å². The molecule has 1 N–H and O–H groups in total. The molecule has 0 atom stereocenters. The van der Waals surface area contributed by atoms with Gasteiger partial charge in [0.2, 0.25) is 5.91 Å². The van der Waals surface area contributed by atoms with E-state index in [0.717, 1.165) is 44.9 Å². The zero-order chi connectivity index (χ0) is 19.3. The number of carbonyl (C=O) groups is 1. The van der Waals surface area contributed by atoms with E-state index in [4.69, 9.17) is 11.6 Å². The number of piperazine rings is 1. The molecule has 1 aromatic rings. The van der Waals surface area contributed by atoms with Crippen LogP contribution in [0.2, 0.25) is 5.02 Å². The molecular formula is C18H23ClF3N3O. The summed E-state index contributed by atoms with van der Waals surface area (Å²) in [6.45, 7) is 8.38. The monoisotopic (exact) mass is 389 g/mol. The summed E-state index contributed by atoms with van der Waals surface area (Å²) in [6, 6.07) is 3.37. The number of carbonyl (C=O) groups excluding carboxylic acids is 1. The third-order valence-electron chi connectivity index (χ3n) is 4.15. The highest BCUT2D eigenvalue weighted by Crippen LogP contribution is 2.36. The molecule has 1 aliphatic rings. The van der Waals surface area contributed by atoms with Gasteiger partial charge in [0, 0.05) is 38.4 Å². The van der Waals surface area contributed by atoms with E-state index in [1.807, 2.05) is 4.90 Å². The van der Waals surface area contributed by atoms with Crippen LogP contribution in [-0.2, 0) is 11.0 Å². The molecule has 0 aromatic heterocycles. The van der Waals surface area contributed by atoms with Crippen molar-refractivity contribution in [1.82, 2.24) is 9.80 Å². The van der Waals surface area contributed by atoms with Crippen LogP contribution in [-0.4, -0.2) is 55.0 Å². The van der Waals surface area contributed by atoms with Crippen molar-refractivity contribution in [2.45, 2.75) is 20.0 Å². The van der Waals surface area contributed by atoms with E-state index in [9.17, 15) is 18.0 Å². The van der Waals surface area contributed by atoms with Crippen molar-refractivity contribution in [3.63, 3.8) is 0 Å². The number of halogens is 4. The predicted molar refractivity (Wildman–Crippen MR) is 97.4 cm³/mol. The molecule has 1 aromatic carbocycles. The Morgan fingerprint density at radius 1 is 1.19 bits per heavy atom. The van der Waals surface area contributed by atoms with E-state index in [1.165, 1.54) is 11.6 Å². The van der Waals surface area contributed by atoms with Gasteiger partial charge in [-0.05, 0) is 32.0 Å². The number of hydrogen-bond donors (Lipinski definition) is 1. The van der Waals surface area contributed by atoms with Crippen molar-refractivity contribution < 1.29 is 18.0 Å². The molecular weight excluding hydrogens is 367 g/mol. The Bertz CT molecular complexity index is 664. The van der Waals surface area contributed by atoms with Crippen molar-refractivity contribution in [1.29, 1.82) is 0 Å². The smallest absolute Gasteiger partial charge is 0.325 e. The van der Waals surface area contributed by atoms with Crippen molar-refractivity contribution in [3.8, 4) is 0 Å². The van der Waals surface area contributed by atoms with Crippen molar-refractivity contribution in [2.75, 3.05) is 44.6 Å². The number of rotatable bonds is 5. The van der Waals surface area contributed by atoms with Gasteiger partial charge in [-0.1, -0.05) is 23.3 Å². The molecule has 26 heavy (non-hydrogen) atoms. The van der Waals surface area contributed by atoms with Crippen LogP contribution in [0.15, 0.2) is 29.8 Å². The number of nitrogens with zero attached hydrogens (tertiary/aromatic N) is 2. The summed E-state index contributed by atoms with van der Waals surface area (Å²) in [5, 5.41) is 2.13. The standard InChI is InChI=1S/C18H23ClF3N3O/c1-13(2)5-6-24-7-9-25(10-8-24)12-17(26)23-14-3-4-16(19)15(11-14)18(20,21)22/h3-5,11H,6-10,12H2,1-2H3,(H,23,26). The van der Waals surface area contributed by atoms with Crippen LogP contribution in [0.3, 0.4) is 0 Å². The van der Waals surface area contributed by atoms with Gasteiger partial charge in [-0.15, -0.1) is 0 Å². The first-order valence-electron chi connectivity index (χ1n) is 8.40. The molecule has 0 spiro atoms. The first kappa shape index (κ1) is 20.7. The molecule has 1 amide bonds. The molecule has 0 unspecified atom stereocenters. The molecule has 8 heteroatoms. The van der Waals surface area contributed by atoms with Gasteiger partial charge in [-0.3, -0.25) is 14.6 Å². The van der Waals surface area contributed by atoms with E-state index < -0.39 is 11.7 Å². The molecule has 1 aliphatic heterocycles. The number of hydrogen-bond acceptors (Lipinski definition) is 3. The molecule has 0 saturated carbocycles. The van der Waals surface area contributed by atoms with E-state index in [2.05, 4.69) is 30.1 Å². The molecule has 1 heterocycles. The van der Waals surface area contributed by atoms with Gasteiger partial charge < -0.3 is 5.32 Å². The lowest BCUT2D eigenvalue weighted by molar-refractivity contribution is -0.137. The lowest BCUT2D eigenvalue weighted by Gasteiger charge is -2.33. The lowest BCUT2D eigenvalue weighted by atomic mass is 10.2. The third-order valence-corrected chi connectivity index (χ3v) is 4.47. The molecule has 4 nitrogen and oxygen atoms in total. The van der Waals surface area contributed by atoms with Gasteiger partial charge in [-0.2, -0.15) is 13.2 Å². The van der Waals surface area contributed by atoms with Gasteiger partial charge in [0.05, 0.1) is 17.1 Å². The maximum atomic E-state index is 12.9. The van der Waals surface area contributed by atoms with Crippen LogP contribution in [0.1, 0.15) is 19.4 Å². The Kier molecular flexibility index (Phi) is 7.08. The van der Waals surface area contributed by atoms with E-state index in [-0.39, 0.29) is 23.2 Å². The second kappa shape index (κ2) is 8.88. The summed E-state index contributed by atoms with van der Waals surface area (Å²) in [4.78, 5) is 16.4.